The zero-order valence-electron chi connectivity index (χ0n) is 13.2. The van der Waals surface area contributed by atoms with Crippen LogP contribution in [-0.4, -0.2) is 49.7 Å². The number of hydrogen-bond donors (Lipinski definition) is 0. The van der Waals surface area contributed by atoms with Crippen LogP contribution in [0.15, 0.2) is 29.8 Å². The predicted octanol–water partition coefficient (Wildman–Crippen LogP) is 1.42. The van der Waals surface area contributed by atoms with E-state index in [1.54, 1.807) is 37.5 Å². The van der Waals surface area contributed by atoms with Crippen LogP contribution in [0.4, 0.5) is 0 Å². The normalized spacial score (nSPS) is 13.1. The zero-order chi connectivity index (χ0) is 17.5. The maximum atomic E-state index is 11.1. The molecule has 0 heterocycles. The van der Waals surface area contributed by atoms with Gasteiger partial charge < -0.3 is 4.74 Å². The highest BCUT2D eigenvalue weighted by Gasteiger charge is 2.08. The van der Waals surface area contributed by atoms with E-state index in [4.69, 9.17) is 8.92 Å². The molecule has 0 aliphatic heterocycles. The van der Waals surface area contributed by atoms with Crippen LogP contribution in [0.5, 0.6) is 5.75 Å². The topological polar surface area (TPSA) is 96.0 Å². The molecule has 0 atom stereocenters. The number of hydrogen-bond acceptors (Lipinski definition) is 7. The van der Waals surface area contributed by atoms with Crippen molar-refractivity contribution in [3.8, 4) is 5.75 Å². The molecule has 0 saturated carbocycles. The number of rotatable bonds is 9. The van der Waals surface area contributed by atoms with E-state index in [1.807, 2.05) is 0 Å². The van der Waals surface area contributed by atoms with Crippen molar-refractivity contribution in [1.29, 1.82) is 0 Å². The molecule has 1 aromatic rings. The molecular formula is C14H20O7S2. The smallest absolute Gasteiger partial charge is 0.264 e. The fourth-order valence-electron chi connectivity index (χ4n) is 1.63. The third-order valence-electron chi connectivity index (χ3n) is 2.67. The molecule has 0 aliphatic carbocycles. The van der Waals surface area contributed by atoms with Crippen molar-refractivity contribution in [1.82, 2.24) is 0 Å². The van der Waals surface area contributed by atoms with Crippen LogP contribution < -0.4 is 4.74 Å². The van der Waals surface area contributed by atoms with Crippen molar-refractivity contribution in [2.24, 2.45) is 0 Å². The molecule has 0 radical (unpaired) electrons. The van der Waals surface area contributed by atoms with Gasteiger partial charge in [0.2, 0.25) is 0 Å². The zero-order valence-corrected chi connectivity index (χ0v) is 14.8. The van der Waals surface area contributed by atoms with E-state index in [9.17, 15) is 16.8 Å². The van der Waals surface area contributed by atoms with Crippen LogP contribution in [0.2, 0.25) is 0 Å². The van der Waals surface area contributed by atoms with Gasteiger partial charge in [-0.25, -0.2) is 0 Å². The van der Waals surface area contributed by atoms with Gasteiger partial charge in [0.05, 0.1) is 32.8 Å². The lowest BCUT2D eigenvalue weighted by atomic mass is 10.1. The Balaban J connectivity index is 2.84. The first-order valence-corrected chi connectivity index (χ1v) is 10.2. The summed E-state index contributed by atoms with van der Waals surface area (Å²) in [4.78, 5) is 0. The maximum Gasteiger partial charge on any atom is 0.264 e. The molecule has 1 aromatic carbocycles. The molecular weight excluding hydrogens is 344 g/mol. The summed E-state index contributed by atoms with van der Waals surface area (Å²) in [5.74, 6) is 0.691. The summed E-state index contributed by atoms with van der Waals surface area (Å²) in [7, 11) is -5.59. The molecule has 0 bridgehead atoms. The first kappa shape index (κ1) is 19.6. The quantitative estimate of drug-likeness (QED) is 0.611. The van der Waals surface area contributed by atoms with Crippen LogP contribution in [0.3, 0.4) is 0 Å². The number of ether oxygens (including phenoxy) is 1. The Morgan fingerprint density at radius 1 is 1.00 bits per heavy atom. The molecule has 0 N–H and O–H groups in total. The molecule has 23 heavy (non-hydrogen) atoms. The fraction of sp³-hybridized carbons (Fsp3) is 0.429. The molecule has 9 heteroatoms. The van der Waals surface area contributed by atoms with Crippen molar-refractivity contribution < 1.29 is 29.9 Å². The molecule has 0 saturated heterocycles. The summed E-state index contributed by atoms with van der Waals surface area (Å²) in [5.41, 5.74) is 1.39. The second-order valence-electron chi connectivity index (χ2n) is 4.82. The van der Waals surface area contributed by atoms with E-state index in [1.165, 1.54) is 0 Å². The third kappa shape index (κ3) is 9.34. The van der Waals surface area contributed by atoms with Crippen molar-refractivity contribution in [3.63, 3.8) is 0 Å². The lowest BCUT2D eigenvalue weighted by Gasteiger charge is -2.08. The lowest BCUT2D eigenvalue weighted by molar-refractivity contribution is 0.308. The Kier molecular flexibility index (Phi) is 7.20. The van der Waals surface area contributed by atoms with Gasteiger partial charge >= 0.3 is 0 Å². The van der Waals surface area contributed by atoms with Gasteiger partial charge in [0.25, 0.3) is 20.2 Å². The molecule has 7 nitrogen and oxygen atoms in total. The summed E-state index contributed by atoms with van der Waals surface area (Å²) in [6.45, 7) is -0.258. The van der Waals surface area contributed by atoms with Crippen LogP contribution >= 0.6 is 0 Å². The average molecular weight is 364 g/mol. The minimum Gasteiger partial charge on any atom is -0.497 e. The molecule has 130 valence electrons. The highest BCUT2D eigenvalue weighted by atomic mass is 32.2. The third-order valence-corrected chi connectivity index (χ3v) is 3.81. The molecule has 0 aliphatic rings. The SMILES string of the molecule is COc1ccc(/C=C(\CCOS(C)(=O)=O)COS(C)(=O)=O)cc1. The van der Waals surface area contributed by atoms with Crippen molar-refractivity contribution in [2.75, 3.05) is 32.8 Å². The average Bonchev–Trinajstić information content (AvgIpc) is 2.43. The molecule has 0 fully saturated rings. The van der Waals surface area contributed by atoms with E-state index in [0.29, 0.717) is 11.3 Å². The Labute approximate surface area is 137 Å². The van der Waals surface area contributed by atoms with Crippen LogP contribution in [0.1, 0.15) is 12.0 Å². The first-order valence-electron chi connectivity index (χ1n) is 6.61. The summed E-state index contributed by atoms with van der Waals surface area (Å²) in [5, 5.41) is 0. The highest BCUT2D eigenvalue weighted by Crippen LogP contribution is 2.16. The Morgan fingerprint density at radius 2 is 1.57 bits per heavy atom. The van der Waals surface area contributed by atoms with Crippen molar-refractivity contribution in [3.05, 3.63) is 35.4 Å². The van der Waals surface area contributed by atoms with Gasteiger partial charge in [-0.3, -0.25) is 8.37 Å². The van der Waals surface area contributed by atoms with E-state index in [2.05, 4.69) is 4.18 Å². The van der Waals surface area contributed by atoms with Crippen molar-refractivity contribution in [2.45, 2.75) is 6.42 Å². The van der Waals surface area contributed by atoms with Crippen molar-refractivity contribution >= 4 is 26.3 Å². The molecule has 0 amide bonds. The standard InChI is InChI=1S/C14H20O7S2/c1-19-14-6-4-12(5-7-14)10-13(11-21-23(3,17)18)8-9-20-22(2,15)16/h4-7,10H,8-9,11H2,1-3H3/b13-10+. The molecule has 1 rings (SSSR count). The summed E-state index contributed by atoms with van der Waals surface area (Å²) >= 11 is 0. The first-order chi connectivity index (χ1) is 10.6. The Morgan fingerprint density at radius 3 is 2.04 bits per heavy atom. The van der Waals surface area contributed by atoms with Gasteiger partial charge in [-0.2, -0.15) is 16.8 Å². The summed E-state index contributed by atoms with van der Waals surface area (Å²) in [6, 6.07) is 7.09. The van der Waals surface area contributed by atoms with E-state index in [0.717, 1.165) is 18.1 Å². The molecule has 0 unspecified atom stereocenters. The maximum absolute atomic E-state index is 11.1. The second kappa shape index (κ2) is 8.44. The van der Waals surface area contributed by atoms with Gasteiger partial charge in [0.1, 0.15) is 5.75 Å². The van der Waals surface area contributed by atoms with Gasteiger partial charge in [0.15, 0.2) is 0 Å². The minimum absolute atomic E-state index is 0.0893. The summed E-state index contributed by atoms with van der Waals surface area (Å²) in [6.07, 6.45) is 3.84. The minimum atomic E-state index is -3.60. The molecule has 0 spiro atoms. The number of methoxy groups -OCH3 is 1. The molecule has 0 aromatic heterocycles. The van der Waals surface area contributed by atoms with Gasteiger partial charge in [-0.15, -0.1) is 0 Å². The van der Waals surface area contributed by atoms with Gasteiger partial charge in [-0.1, -0.05) is 18.2 Å². The van der Waals surface area contributed by atoms with Gasteiger partial charge in [-0.05, 0) is 29.7 Å². The largest absolute Gasteiger partial charge is 0.497 e. The lowest BCUT2D eigenvalue weighted by Crippen LogP contribution is -2.10. The Bertz CT molecular complexity index is 732. The van der Waals surface area contributed by atoms with Crippen LogP contribution in [0, 0.1) is 0 Å². The monoisotopic (exact) mass is 364 g/mol. The fourth-order valence-corrected chi connectivity index (χ4v) is 2.38. The predicted molar refractivity (Wildman–Crippen MR) is 87.2 cm³/mol. The number of benzene rings is 1. The van der Waals surface area contributed by atoms with E-state index < -0.39 is 20.2 Å². The summed E-state index contributed by atoms with van der Waals surface area (Å²) < 4.78 is 58.7. The second-order valence-corrected chi connectivity index (χ2v) is 8.11. The van der Waals surface area contributed by atoms with Gasteiger partial charge in [0, 0.05) is 0 Å². The Hall–Kier alpha value is -1.42. The van der Waals surface area contributed by atoms with Crippen LogP contribution in [0.25, 0.3) is 6.08 Å². The van der Waals surface area contributed by atoms with E-state index in [-0.39, 0.29) is 19.6 Å². The van der Waals surface area contributed by atoms with Crippen LogP contribution in [-0.2, 0) is 28.6 Å². The van der Waals surface area contributed by atoms with E-state index >= 15 is 0 Å². The highest BCUT2D eigenvalue weighted by molar-refractivity contribution is 7.86.